The van der Waals surface area contributed by atoms with Crippen molar-refractivity contribution in [2.45, 2.75) is 32.9 Å². The van der Waals surface area contributed by atoms with Crippen molar-refractivity contribution >= 4 is 15.7 Å². The van der Waals surface area contributed by atoms with E-state index < -0.39 is 9.84 Å². The minimum atomic E-state index is -2.99. The first-order valence-corrected chi connectivity index (χ1v) is 11.5. The number of rotatable bonds is 4. The van der Waals surface area contributed by atoms with Crippen LogP contribution in [0, 0.1) is 13.8 Å². The zero-order valence-electron chi connectivity index (χ0n) is 16.8. The maximum atomic E-state index is 12.9. The van der Waals surface area contributed by atoms with Crippen molar-refractivity contribution in [1.29, 1.82) is 0 Å². The molecular formula is C20H25N3O5S. The molecule has 0 unspecified atom stereocenters. The topological polar surface area (TPSA) is 90.7 Å². The van der Waals surface area contributed by atoms with Crippen LogP contribution in [0.15, 0.2) is 18.2 Å². The molecule has 2 aliphatic rings. The molecule has 0 spiro atoms. The fourth-order valence-electron chi connectivity index (χ4n) is 3.96. The third kappa shape index (κ3) is 3.83. The van der Waals surface area contributed by atoms with E-state index in [1.807, 2.05) is 18.5 Å². The number of fused-ring (bicyclic) bond motifs is 1. The Morgan fingerprint density at radius 1 is 1.24 bits per heavy atom. The molecule has 1 amide bonds. The van der Waals surface area contributed by atoms with Crippen LogP contribution in [0.4, 0.5) is 0 Å². The van der Waals surface area contributed by atoms with E-state index in [2.05, 4.69) is 5.10 Å². The molecule has 1 aromatic heterocycles. The minimum absolute atomic E-state index is 0.125. The molecule has 29 heavy (non-hydrogen) atoms. The fourth-order valence-corrected chi connectivity index (χ4v) is 5.65. The third-order valence-corrected chi connectivity index (χ3v) is 7.31. The van der Waals surface area contributed by atoms with E-state index in [9.17, 15) is 13.2 Å². The van der Waals surface area contributed by atoms with Crippen molar-refractivity contribution in [1.82, 2.24) is 14.7 Å². The van der Waals surface area contributed by atoms with Crippen LogP contribution in [0.1, 0.15) is 39.8 Å². The Bertz CT molecular complexity index is 1060. The lowest BCUT2D eigenvalue weighted by atomic mass is 10.1. The number of carbonyl (C=O) groups is 1. The molecule has 0 radical (unpaired) electrons. The molecule has 0 bridgehead atoms. The van der Waals surface area contributed by atoms with Crippen LogP contribution < -0.4 is 9.47 Å². The standard InChI is InChI=1S/C20H25N3O5S/c1-13-17(14(2)23(21-13)16-6-9-29(25,26)12-16)11-22(3)20(24)15-4-5-18-19(10-15)28-8-7-27-18/h4-5,10,16H,6-9,11-12H2,1-3H3/t16-/m1/s1. The molecule has 1 saturated heterocycles. The number of nitrogens with zero attached hydrogens (tertiary/aromatic N) is 3. The fraction of sp³-hybridized carbons (Fsp3) is 0.500. The number of hydrogen-bond acceptors (Lipinski definition) is 6. The summed E-state index contributed by atoms with van der Waals surface area (Å²) in [4.78, 5) is 14.6. The van der Waals surface area contributed by atoms with Gasteiger partial charge in [-0.3, -0.25) is 9.48 Å². The SMILES string of the molecule is Cc1nn([C@@H]2CCS(=O)(=O)C2)c(C)c1CN(C)C(=O)c1ccc2c(c1)OCCO2. The minimum Gasteiger partial charge on any atom is -0.486 e. The van der Waals surface area contributed by atoms with Gasteiger partial charge in [-0.1, -0.05) is 0 Å². The zero-order valence-corrected chi connectivity index (χ0v) is 17.7. The van der Waals surface area contributed by atoms with E-state index in [-0.39, 0.29) is 23.5 Å². The predicted molar refractivity (Wildman–Crippen MR) is 107 cm³/mol. The molecule has 0 N–H and O–H groups in total. The van der Waals surface area contributed by atoms with Crippen molar-refractivity contribution in [2.75, 3.05) is 31.8 Å². The lowest BCUT2D eigenvalue weighted by molar-refractivity contribution is 0.0783. The van der Waals surface area contributed by atoms with Gasteiger partial charge >= 0.3 is 0 Å². The predicted octanol–water partition coefficient (Wildman–Crippen LogP) is 1.90. The highest BCUT2D eigenvalue weighted by atomic mass is 32.2. The Balaban J connectivity index is 1.52. The molecule has 1 fully saturated rings. The van der Waals surface area contributed by atoms with E-state index >= 15 is 0 Å². The van der Waals surface area contributed by atoms with Crippen molar-refractivity contribution < 1.29 is 22.7 Å². The van der Waals surface area contributed by atoms with Crippen LogP contribution in [-0.4, -0.2) is 60.8 Å². The van der Waals surface area contributed by atoms with Gasteiger partial charge in [-0.25, -0.2) is 8.42 Å². The molecule has 2 aliphatic heterocycles. The average Bonchev–Trinajstić information content (AvgIpc) is 3.20. The van der Waals surface area contributed by atoms with Gasteiger partial charge in [0.25, 0.3) is 5.91 Å². The number of aromatic nitrogens is 2. The molecule has 1 aromatic carbocycles. The summed E-state index contributed by atoms with van der Waals surface area (Å²) in [7, 11) is -1.25. The van der Waals surface area contributed by atoms with Crippen LogP contribution in [-0.2, 0) is 16.4 Å². The quantitative estimate of drug-likeness (QED) is 0.752. The summed E-state index contributed by atoms with van der Waals surface area (Å²) in [5.74, 6) is 1.43. The summed E-state index contributed by atoms with van der Waals surface area (Å²) in [6, 6.07) is 5.06. The second-order valence-corrected chi connectivity index (χ2v) is 9.90. The molecule has 156 valence electrons. The average molecular weight is 420 g/mol. The van der Waals surface area contributed by atoms with Crippen molar-refractivity contribution in [3.63, 3.8) is 0 Å². The Morgan fingerprint density at radius 3 is 2.66 bits per heavy atom. The molecule has 4 rings (SSSR count). The maximum absolute atomic E-state index is 12.9. The molecule has 0 saturated carbocycles. The van der Waals surface area contributed by atoms with E-state index in [1.54, 1.807) is 30.1 Å². The number of benzene rings is 1. The van der Waals surface area contributed by atoms with Crippen LogP contribution in [0.5, 0.6) is 11.5 Å². The summed E-state index contributed by atoms with van der Waals surface area (Å²) in [6.07, 6.45) is 0.579. The van der Waals surface area contributed by atoms with Crippen molar-refractivity contribution in [3.8, 4) is 11.5 Å². The van der Waals surface area contributed by atoms with Gasteiger partial charge in [0.05, 0.1) is 23.2 Å². The van der Waals surface area contributed by atoms with Gasteiger partial charge in [0.1, 0.15) is 13.2 Å². The number of hydrogen-bond donors (Lipinski definition) is 0. The van der Waals surface area contributed by atoms with E-state index in [1.165, 1.54) is 0 Å². The largest absolute Gasteiger partial charge is 0.486 e. The van der Waals surface area contributed by atoms with Crippen LogP contribution >= 0.6 is 0 Å². The first kappa shape index (κ1) is 19.8. The Morgan fingerprint density at radius 2 is 1.97 bits per heavy atom. The van der Waals surface area contributed by atoms with E-state index in [4.69, 9.17) is 9.47 Å². The monoisotopic (exact) mass is 419 g/mol. The summed E-state index contributed by atoms with van der Waals surface area (Å²) in [5.41, 5.74) is 3.20. The van der Waals surface area contributed by atoms with Crippen LogP contribution in [0.25, 0.3) is 0 Å². The normalized spacial score (nSPS) is 19.9. The number of ether oxygens (including phenoxy) is 2. The van der Waals surface area contributed by atoms with Gasteiger partial charge in [-0.2, -0.15) is 5.10 Å². The van der Waals surface area contributed by atoms with Crippen molar-refractivity contribution in [2.24, 2.45) is 0 Å². The summed E-state index contributed by atoms with van der Waals surface area (Å²) in [5, 5.41) is 4.58. The summed E-state index contributed by atoms with van der Waals surface area (Å²) < 4.78 is 36.6. The Labute approximate surface area is 170 Å². The zero-order chi connectivity index (χ0) is 20.8. The van der Waals surface area contributed by atoms with Gasteiger partial charge in [0, 0.05) is 30.4 Å². The Kier molecular flexibility index (Phi) is 5.02. The lowest BCUT2D eigenvalue weighted by Crippen LogP contribution is -2.27. The van der Waals surface area contributed by atoms with Gasteiger partial charge in [-0.15, -0.1) is 0 Å². The second-order valence-electron chi connectivity index (χ2n) is 7.67. The van der Waals surface area contributed by atoms with Gasteiger partial charge < -0.3 is 14.4 Å². The lowest BCUT2D eigenvalue weighted by Gasteiger charge is -2.21. The molecular weight excluding hydrogens is 394 g/mol. The van der Waals surface area contributed by atoms with Crippen LogP contribution in [0.2, 0.25) is 0 Å². The van der Waals surface area contributed by atoms with Gasteiger partial charge in [0.15, 0.2) is 21.3 Å². The van der Waals surface area contributed by atoms with E-state index in [0.29, 0.717) is 43.2 Å². The van der Waals surface area contributed by atoms with Crippen LogP contribution in [0.3, 0.4) is 0 Å². The maximum Gasteiger partial charge on any atom is 0.254 e. The Hall–Kier alpha value is -2.55. The van der Waals surface area contributed by atoms with Crippen molar-refractivity contribution in [3.05, 3.63) is 40.7 Å². The highest BCUT2D eigenvalue weighted by Gasteiger charge is 2.31. The molecule has 1 atom stereocenters. The van der Waals surface area contributed by atoms with Gasteiger partial charge in [-0.05, 0) is 38.5 Å². The van der Waals surface area contributed by atoms with E-state index in [0.717, 1.165) is 17.0 Å². The number of amides is 1. The first-order valence-electron chi connectivity index (χ1n) is 9.65. The number of sulfone groups is 1. The number of aryl methyl sites for hydroxylation is 1. The first-order chi connectivity index (χ1) is 13.7. The highest BCUT2D eigenvalue weighted by Crippen LogP contribution is 2.31. The second kappa shape index (κ2) is 7.37. The highest BCUT2D eigenvalue weighted by molar-refractivity contribution is 7.91. The molecule has 3 heterocycles. The summed E-state index contributed by atoms with van der Waals surface area (Å²) in [6.45, 7) is 5.19. The third-order valence-electron chi connectivity index (χ3n) is 5.56. The molecule has 0 aliphatic carbocycles. The van der Waals surface area contributed by atoms with Gasteiger partial charge in [0.2, 0.25) is 0 Å². The molecule has 8 nitrogen and oxygen atoms in total. The smallest absolute Gasteiger partial charge is 0.254 e. The molecule has 9 heteroatoms. The number of carbonyl (C=O) groups excluding carboxylic acids is 1. The summed E-state index contributed by atoms with van der Waals surface area (Å²) >= 11 is 0. The molecule has 2 aromatic rings.